The second-order valence-electron chi connectivity index (χ2n) is 9.29. The second-order valence-corrected chi connectivity index (χ2v) is 9.29. The van der Waals surface area contributed by atoms with Crippen LogP contribution in [0.1, 0.15) is 37.1 Å². The number of hydrogen-bond acceptors (Lipinski definition) is 9. The van der Waals surface area contributed by atoms with Crippen molar-refractivity contribution in [3.8, 4) is 28.9 Å². The summed E-state index contributed by atoms with van der Waals surface area (Å²) < 4.78 is 28.5. The van der Waals surface area contributed by atoms with Gasteiger partial charge in [-0.15, -0.1) is 10.2 Å². The van der Waals surface area contributed by atoms with E-state index in [1.54, 1.807) is 0 Å². The van der Waals surface area contributed by atoms with E-state index in [-0.39, 0.29) is 6.61 Å². The highest BCUT2D eigenvalue weighted by Gasteiger charge is 2.24. The lowest BCUT2D eigenvalue weighted by atomic mass is 9.89. The first-order chi connectivity index (χ1) is 17.7. The normalized spacial score (nSPS) is 17.1. The highest BCUT2D eigenvalue weighted by Crippen LogP contribution is 2.37. The Hall–Kier alpha value is -3.56. The minimum Gasteiger partial charge on any atom is -0.490 e. The summed E-state index contributed by atoms with van der Waals surface area (Å²) in [5, 5.41) is 19.5. The van der Waals surface area contributed by atoms with Gasteiger partial charge in [0.1, 0.15) is 24.0 Å². The lowest BCUT2D eigenvalue weighted by Crippen LogP contribution is -2.40. The van der Waals surface area contributed by atoms with Crippen molar-refractivity contribution in [2.45, 2.75) is 38.2 Å². The van der Waals surface area contributed by atoms with Gasteiger partial charge in [0.25, 0.3) is 5.89 Å². The maximum atomic E-state index is 10.7. The van der Waals surface area contributed by atoms with E-state index < -0.39 is 6.10 Å². The van der Waals surface area contributed by atoms with Crippen molar-refractivity contribution in [2.75, 3.05) is 33.0 Å². The average molecular weight is 492 g/mol. The molecule has 188 valence electrons. The molecule has 1 N–H and O–H groups in total. The van der Waals surface area contributed by atoms with Crippen LogP contribution in [0.25, 0.3) is 22.6 Å². The van der Waals surface area contributed by atoms with Gasteiger partial charge in [0, 0.05) is 19.0 Å². The molecular formula is C27H29N3O6. The predicted molar refractivity (Wildman–Crippen MR) is 131 cm³/mol. The Morgan fingerprint density at radius 2 is 1.92 bits per heavy atom. The Morgan fingerprint density at radius 3 is 2.75 bits per heavy atom. The molecule has 0 bridgehead atoms. The molecule has 0 amide bonds. The molecule has 2 aromatic heterocycles. The van der Waals surface area contributed by atoms with Gasteiger partial charge in [0.15, 0.2) is 17.3 Å². The van der Waals surface area contributed by atoms with Gasteiger partial charge in [0.2, 0.25) is 12.7 Å². The number of furan rings is 1. The third kappa shape index (κ3) is 4.64. The second kappa shape index (κ2) is 9.83. The van der Waals surface area contributed by atoms with E-state index in [2.05, 4.69) is 27.2 Å². The standard InChI is InChI=1S/C27H29N3O6/c1-2-26-28-29-27(36-26)25-13-20-21(4-3-5-22(20)35-25)32-15-19(31)14-30-10-8-17(9-11-30)18-6-7-23-24(12-18)34-16-33-23/h3-7,12-13,17,19,31H,2,8-11,14-16H2,1H3/t19-/m0/s1. The summed E-state index contributed by atoms with van der Waals surface area (Å²) in [7, 11) is 0. The summed E-state index contributed by atoms with van der Waals surface area (Å²) in [6.07, 6.45) is 2.14. The number of aliphatic hydroxyl groups is 1. The number of β-amino-alcohol motifs (C(OH)–C–C–N with tert-alkyl or cyclic N) is 1. The van der Waals surface area contributed by atoms with Crippen LogP contribution in [-0.4, -0.2) is 59.3 Å². The van der Waals surface area contributed by atoms with E-state index in [1.165, 1.54) is 5.56 Å². The van der Waals surface area contributed by atoms with E-state index in [1.807, 2.05) is 37.3 Å². The molecule has 0 saturated carbocycles. The van der Waals surface area contributed by atoms with Crippen molar-refractivity contribution >= 4 is 11.0 Å². The summed E-state index contributed by atoms with van der Waals surface area (Å²) >= 11 is 0. The fraction of sp³-hybridized carbons (Fsp3) is 0.407. The molecule has 1 fully saturated rings. The van der Waals surface area contributed by atoms with Crippen molar-refractivity contribution in [3.05, 3.63) is 53.9 Å². The molecule has 2 aliphatic rings. The van der Waals surface area contributed by atoms with Crippen molar-refractivity contribution in [2.24, 2.45) is 0 Å². The molecule has 1 atom stereocenters. The van der Waals surface area contributed by atoms with Crippen LogP contribution in [0, 0.1) is 0 Å². The number of ether oxygens (including phenoxy) is 3. The van der Waals surface area contributed by atoms with Crippen LogP contribution >= 0.6 is 0 Å². The van der Waals surface area contributed by atoms with Gasteiger partial charge in [-0.05, 0) is 61.7 Å². The number of fused-ring (bicyclic) bond motifs is 2. The molecule has 4 aromatic rings. The Bertz CT molecular complexity index is 1340. The Morgan fingerprint density at radius 1 is 1.06 bits per heavy atom. The van der Waals surface area contributed by atoms with Gasteiger partial charge in [0.05, 0.1) is 5.39 Å². The Labute approximate surface area is 208 Å². The summed E-state index contributed by atoms with van der Waals surface area (Å²) in [6.45, 7) is 4.88. The first-order valence-electron chi connectivity index (χ1n) is 12.4. The highest BCUT2D eigenvalue weighted by atomic mass is 16.7. The fourth-order valence-electron chi connectivity index (χ4n) is 4.91. The first-order valence-corrected chi connectivity index (χ1v) is 12.4. The molecule has 4 heterocycles. The number of benzene rings is 2. The molecule has 1 saturated heterocycles. The topological polar surface area (TPSA) is 103 Å². The van der Waals surface area contributed by atoms with E-state index in [4.69, 9.17) is 23.0 Å². The SMILES string of the molecule is CCc1nnc(-c2cc3c(OC[C@@H](O)CN4CCC(c5ccc6c(c5)OCO6)CC4)cccc3o2)o1. The van der Waals surface area contributed by atoms with Crippen LogP contribution in [0.15, 0.2) is 51.3 Å². The lowest BCUT2D eigenvalue weighted by Gasteiger charge is -2.33. The lowest BCUT2D eigenvalue weighted by molar-refractivity contribution is 0.0599. The van der Waals surface area contributed by atoms with E-state index in [9.17, 15) is 5.11 Å². The zero-order chi connectivity index (χ0) is 24.5. The van der Waals surface area contributed by atoms with Crippen LogP contribution in [0.2, 0.25) is 0 Å². The highest BCUT2D eigenvalue weighted by molar-refractivity contribution is 5.87. The number of hydrogen-bond donors (Lipinski definition) is 1. The van der Waals surface area contributed by atoms with Crippen molar-refractivity contribution < 1.29 is 28.2 Å². The van der Waals surface area contributed by atoms with Crippen molar-refractivity contribution in [1.82, 2.24) is 15.1 Å². The number of piperidine rings is 1. The van der Waals surface area contributed by atoms with Crippen LogP contribution < -0.4 is 14.2 Å². The molecule has 6 rings (SSSR count). The van der Waals surface area contributed by atoms with Crippen LogP contribution in [0.4, 0.5) is 0 Å². The van der Waals surface area contributed by atoms with E-state index in [0.717, 1.165) is 42.8 Å². The number of aromatic nitrogens is 2. The van der Waals surface area contributed by atoms with E-state index >= 15 is 0 Å². The van der Waals surface area contributed by atoms with Gasteiger partial charge in [-0.1, -0.05) is 19.1 Å². The number of rotatable bonds is 8. The Kier molecular flexibility index (Phi) is 6.25. The van der Waals surface area contributed by atoms with Gasteiger partial charge >= 0.3 is 0 Å². The quantitative estimate of drug-likeness (QED) is 0.384. The minimum atomic E-state index is -0.600. The van der Waals surface area contributed by atoms with Crippen molar-refractivity contribution in [1.29, 1.82) is 0 Å². The summed E-state index contributed by atoms with van der Waals surface area (Å²) in [6, 6.07) is 13.7. The molecule has 2 aromatic carbocycles. The maximum absolute atomic E-state index is 10.7. The Balaban J connectivity index is 1.03. The van der Waals surface area contributed by atoms with Crippen LogP contribution in [0.5, 0.6) is 17.2 Å². The molecule has 0 radical (unpaired) electrons. The zero-order valence-electron chi connectivity index (χ0n) is 20.2. The maximum Gasteiger partial charge on any atom is 0.283 e. The summed E-state index contributed by atoms with van der Waals surface area (Å²) in [5.41, 5.74) is 1.96. The van der Waals surface area contributed by atoms with Crippen LogP contribution in [-0.2, 0) is 6.42 Å². The van der Waals surface area contributed by atoms with Crippen molar-refractivity contribution in [3.63, 3.8) is 0 Å². The molecule has 0 spiro atoms. The first kappa shape index (κ1) is 22.9. The largest absolute Gasteiger partial charge is 0.490 e. The number of aliphatic hydroxyl groups excluding tert-OH is 1. The van der Waals surface area contributed by atoms with Crippen LogP contribution in [0.3, 0.4) is 0 Å². The summed E-state index contributed by atoms with van der Waals surface area (Å²) in [4.78, 5) is 2.30. The molecular weight excluding hydrogens is 462 g/mol. The zero-order valence-corrected chi connectivity index (χ0v) is 20.2. The smallest absolute Gasteiger partial charge is 0.283 e. The molecule has 2 aliphatic heterocycles. The van der Waals surface area contributed by atoms with Gasteiger partial charge in [-0.3, -0.25) is 0 Å². The average Bonchev–Trinajstić information content (AvgIpc) is 3.66. The number of aryl methyl sites for hydroxylation is 1. The number of nitrogens with zero attached hydrogens (tertiary/aromatic N) is 3. The summed E-state index contributed by atoms with van der Waals surface area (Å²) in [5.74, 6) is 4.21. The molecule has 0 unspecified atom stereocenters. The fourth-order valence-corrected chi connectivity index (χ4v) is 4.91. The molecule has 36 heavy (non-hydrogen) atoms. The van der Waals surface area contributed by atoms with Gasteiger partial charge < -0.3 is 33.1 Å². The predicted octanol–water partition coefficient (Wildman–Crippen LogP) is 4.39. The molecule has 9 nitrogen and oxygen atoms in total. The molecule has 0 aliphatic carbocycles. The third-order valence-electron chi connectivity index (χ3n) is 6.86. The number of likely N-dealkylation sites (tertiary alicyclic amines) is 1. The molecule has 9 heteroatoms. The van der Waals surface area contributed by atoms with Gasteiger partial charge in [-0.25, -0.2) is 0 Å². The van der Waals surface area contributed by atoms with E-state index in [0.29, 0.717) is 54.6 Å². The van der Waals surface area contributed by atoms with Gasteiger partial charge in [-0.2, -0.15) is 0 Å². The monoisotopic (exact) mass is 491 g/mol. The third-order valence-corrected chi connectivity index (χ3v) is 6.86. The minimum absolute atomic E-state index is 0.197.